The number of ether oxygens (including phenoxy) is 1. The lowest BCUT2D eigenvalue weighted by atomic mass is 10.1. The molecule has 2 aromatic rings. The fourth-order valence-electron chi connectivity index (χ4n) is 2.24. The van der Waals surface area contributed by atoms with Gasteiger partial charge >= 0.3 is 0 Å². The van der Waals surface area contributed by atoms with Crippen LogP contribution in [0.15, 0.2) is 48.5 Å². The fourth-order valence-corrected chi connectivity index (χ4v) is 2.24. The zero-order valence-electron chi connectivity index (χ0n) is 12.3. The van der Waals surface area contributed by atoms with Crippen LogP contribution in [-0.2, 0) is 13.0 Å². The van der Waals surface area contributed by atoms with Crippen molar-refractivity contribution in [3.05, 3.63) is 65.2 Å². The maximum absolute atomic E-state index is 8.59. The van der Waals surface area contributed by atoms with Crippen molar-refractivity contribution in [2.24, 2.45) is 0 Å². The van der Waals surface area contributed by atoms with E-state index in [9.17, 15) is 0 Å². The highest BCUT2D eigenvalue weighted by Crippen LogP contribution is 2.17. The number of nitrogens with zero attached hydrogens (tertiary/aromatic N) is 1. The highest BCUT2D eigenvalue weighted by atomic mass is 16.5. The van der Waals surface area contributed by atoms with Gasteiger partial charge in [-0.05, 0) is 37.1 Å². The van der Waals surface area contributed by atoms with Gasteiger partial charge in [-0.15, -0.1) is 0 Å². The van der Waals surface area contributed by atoms with Crippen LogP contribution in [0.25, 0.3) is 0 Å². The first-order chi connectivity index (χ1) is 10.3. The molecule has 0 radical (unpaired) electrons. The minimum atomic E-state index is 0.0836. The largest absolute Gasteiger partial charge is 0.478 e. The molecule has 0 fully saturated rings. The van der Waals surface area contributed by atoms with Gasteiger partial charge < -0.3 is 10.1 Å². The Morgan fingerprint density at radius 1 is 1.05 bits per heavy atom. The van der Waals surface area contributed by atoms with Crippen LogP contribution in [0.4, 0.5) is 0 Å². The first-order valence-electron chi connectivity index (χ1n) is 7.14. The van der Waals surface area contributed by atoms with Gasteiger partial charge in [0.2, 0.25) is 0 Å². The summed E-state index contributed by atoms with van der Waals surface area (Å²) < 4.78 is 5.42. The highest BCUT2D eigenvalue weighted by molar-refractivity contribution is 5.33. The van der Waals surface area contributed by atoms with Gasteiger partial charge in [-0.3, -0.25) is 0 Å². The van der Waals surface area contributed by atoms with Crippen molar-refractivity contribution < 1.29 is 4.74 Å². The second-order valence-corrected chi connectivity index (χ2v) is 4.91. The number of hydrogen-bond acceptors (Lipinski definition) is 3. The smallest absolute Gasteiger partial charge is 0.174 e. The van der Waals surface area contributed by atoms with Gasteiger partial charge in [0.15, 0.2) is 6.61 Å². The predicted molar refractivity (Wildman–Crippen MR) is 84.1 cm³/mol. The third-order valence-corrected chi connectivity index (χ3v) is 3.41. The fraction of sp³-hybridized carbons (Fsp3) is 0.278. The molecule has 0 bridgehead atoms. The van der Waals surface area contributed by atoms with Crippen molar-refractivity contribution in [2.75, 3.05) is 13.2 Å². The second-order valence-electron chi connectivity index (χ2n) is 4.91. The molecule has 0 amide bonds. The van der Waals surface area contributed by atoms with Gasteiger partial charge in [0, 0.05) is 12.1 Å². The van der Waals surface area contributed by atoms with Crippen LogP contribution in [0, 0.1) is 18.3 Å². The van der Waals surface area contributed by atoms with Crippen LogP contribution in [0.1, 0.15) is 16.7 Å². The zero-order valence-corrected chi connectivity index (χ0v) is 12.3. The lowest BCUT2D eigenvalue weighted by Crippen LogP contribution is -2.17. The Balaban J connectivity index is 1.84. The average Bonchev–Trinajstić information content (AvgIpc) is 2.52. The number of hydrogen-bond donors (Lipinski definition) is 1. The van der Waals surface area contributed by atoms with E-state index in [1.165, 1.54) is 11.1 Å². The first-order valence-corrected chi connectivity index (χ1v) is 7.14. The van der Waals surface area contributed by atoms with E-state index in [4.69, 9.17) is 10.00 Å². The summed E-state index contributed by atoms with van der Waals surface area (Å²) in [7, 11) is 0. The normalized spacial score (nSPS) is 10.1. The SMILES string of the molecule is Cc1ccccc1CCNCc1ccccc1OCC#N. The van der Waals surface area contributed by atoms with Crippen LogP contribution in [-0.4, -0.2) is 13.2 Å². The minimum absolute atomic E-state index is 0.0836. The molecule has 3 nitrogen and oxygen atoms in total. The molecular weight excluding hydrogens is 260 g/mol. The number of nitrogens with one attached hydrogen (secondary N) is 1. The maximum atomic E-state index is 8.59. The van der Waals surface area contributed by atoms with Crippen molar-refractivity contribution in [1.29, 1.82) is 5.26 Å². The molecule has 0 saturated heterocycles. The van der Waals surface area contributed by atoms with Crippen LogP contribution < -0.4 is 10.1 Å². The predicted octanol–water partition coefficient (Wildman–Crippen LogP) is 3.23. The molecule has 0 unspecified atom stereocenters. The molecule has 0 spiro atoms. The molecule has 2 rings (SSSR count). The van der Waals surface area contributed by atoms with E-state index in [1.807, 2.05) is 30.3 Å². The first kappa shape index (κ1) is 15.1. The van der Waals surface area contributed by atoms with Crippen molar-refractivity contribution in [2.45, 2.75) is 19.9 Å². The molecule has 0 saturated carbocycles. The third kappa shape index (κ3) is 4.62. The van der Waals surface area contributed by atoms with Crippen molar-refractivity contribution in [3.63, 3.8) is 0 Å². The standard InChI is InChI=1S/C18H20N2O/c1-15-6-2-3-7-16(15)10-12-20-14-17-8-4-5-9-18(17)21-13-11-19/h2-9,20H,10,12-14H2,1H3. The highest BCUT2D eigenvalue weighted by Gasteiger charge is 2.02. The molecule has 0 aromatic heterocycles. The molecule has 2 aromatic carbocycles. The van der Waals surface area contributed by atoms with Gasteiger partial charge in [0.05, 0.1) is 0 Å². The van der Waals surface area contributed by atoms with Gasteiger partial charge in [-0.1, -0.05) is 42.5 Å². The van der Waals surface area contributed by atoms with Crippen molar-refractivity contribution >= 4 is 0 Å². The van der Waals surface area contributed by atoms with Gasteiger partial charge in [-0.2, -0.15) is 5.26 Å². The summed E-state index contributed by atoms with van der Waals surface area (Å²) in [5, 5.41) is 12.0. The van der Waals surface area contributed by atoms with Gasteiger partial charge in [0.1, 0.15) is 11.8 Å². The Labute approximate surface area is 126 Å². The van der Waals surface area contributed by atoms with E-state index in [-0.39, 0.29) is 6.61 Å². The van der Waals surface area contributed by atoms with E-state index in [2.05, 4.69) is 36.5 Å². The molecule has 0 atom stereocenters. The van der Waals surface area contributed by atoms with Crippen LogP contribution in [0.2, 0.25) is 0 Å². The number of rotatable bonds is 7. The second kappa shape index (κ2) is 8.08. The van der Waals surface area contributed by atoms with Crippen LogP contribution in [0.3, 0.4) is 0 Å². The van der Waals surface area contributed by atoms with E-state index < -0.39 is 0 Å². The molecule has 0 heterocycles. The van der Waals surface area contributed by atoms with E-state index in [0.29, 0.717) is 0 Å². The van der Waals surface area contributed by atoms with Crippen molar-refractivity contribution in [3.8, 4) is 11.8 Å². The Kier molecular flexibility index (Phi) is 5.81. The third-order valence-electron chi connectivity index (χ3n) is 3.41. The molecule has 0 aliphatic heterocycles. The number of para-hydroxylation sites is 1. The number of nitriles is 1. The van der Waals surface area contributed by atoms with Gasteiger partial charge in [-0.25, -0.2) is 0 Å². The maximum Gasteiger partial charge on any atom is 0.174 e. The quantitative estimate of drug-likeness (QED) is 0.792. The van der Waals surface area contributed by atoms with Crippen molar-refractivity contribution in [1.82, 2.24) is 5.32 Å². The summed E-state index contributed by atoms with van der Waals surface area (Å²) in [6.07, 6.45) is 1.01. The lowest BCUT2D eigenvalue weighted by molar-refractivity contribution is 0.362. The average molecular weight is 280 g/mol. The summed E-state index contributed by atoms with van der Waals surface area (Å²) >= 11 is 0. The molecule has 21 heavy (non-hydrogen) atoms. The summed E-state index contributed by atoms with van der Waals surface area (Å²) in [6.45, 7) is 3.88. The molecular formula is C18H20N2O. The summed E-state index contributed by atoms with van der Waals surface area (Å²) in [6, 6.07) is 18.3. The zero-order chi connectivity index (χ0) is 14.9. The molecule has 3 heteroatoms. The Morgan fingerprint density at radius 2 is 1.76 bits per heavy atom. The topological polar surface area (TPSA) is 45.0 Å². The number of benzene rings is 2. The summed E-state index contributed by atoms with van der Waals surface area (Å²) in [5.74, 6) is 0.780. The Bertz CT molecular complexity index is 617. The molecule has 0 aliphatic rings. The van der Waals surface area contributed by atoms with E-state index in [1.54, 1.807) is 0 Å². The summed E-state index contributed by atoms with van der Waals surface area (Å²) in [4.78, 5) is 0. The summed E-state index contributed by atoms with van der Waals surface area (Å²) in [5.41, 5.74) is 3.79. The lowest BCUT2D eigenvalue weighted by Gasteiger charge is -2.11. The molecule has 1 N–H and O–H groups in total. The van der Waals surface area contributed by atoms with E-state index >= 15 is 0 Å². The Hall–Kier alpha value is -2.31. The van der Waals surface area contributed by atoms with Crippen LogP contribution in [0.5, 0.6) is 5.75 Å². The number of aryl methyl sites for hydroxylation is 1. The van der Waals surface area contributed by atoms with Gasteiger partial charge in [0.25, 0.3) is 0 Å². The monoisotopic (exact) mass is 280 g/mol. The molecule has 0 aliphatic carbocycles. The molecule has 108 valence electrons. The van der Waals surface area contributed by atoms with Crippen LogP contribution >= 0.6 is 0 Å². The van der Waals surface area contributed by atoms with E-state index in [0.717, 1.165) is 30.8 Å². The Morgan fingerprint density at radius 3 is 2.52 bits per heavy atom. The minimum Gasteiger partial charge on any atom is -0.478 e.